The maximum absolute atomic E-state index is 12.7. The van der Waals surface area contributed by atoms with Gasteiger partial charge in [0.1, 0.15) is 17.9 Å². The van der Waals surface area contributed by atoms with Gasteiger partial charge in [-0.1, -0.05) is 23.7 Å². The third kappa shape index (κ3) is 7.50. The molecule has 1 unspecified atom stereocenters. The average Bonchev–Trinajstić information content (AvgIpc) is 2.97. The lowest BCUT2D eigenvalue weighted by molar-refractivity contribution is -0.917. The number of Topliss-reactive ketones (excluding diaryl/α,β-unsaturated/α-hetero) is 1. The highest BCUT2D eigenvalue weighted by atomic mass is 127. The first-order chi connectivity index (χ1) is 14.8. The van der Waals surface area contributed by atoms with E-state index >= 15 is 0 Å². The van der Waals surface area contributed by atoms with Crippen molar-refractivity contribution in [3.63, 3.8) is 0 Å². The van der Waals surface area contributed by atoms with Crippen LogP contribution in [0.3, 0.4) is 0 Å². The Balaban J connectivity index is 0.00000385. The van der Waals surface area contributed by atoms with Gasteiger partial charge >= 0.3 is 5.97 Å². The summed E-state index contributed by atoms with van der Waals surface area (Å²) < 4.78 is 6.00. The SMILES string of the molecule is CC(C)(C)OC(=O)C[N+]1(C)CCc2c(sc(CC(=O)Cc3ccc(Cl)cc3)c2C(N)=O)C1.[I-]. The number of amides is 1. The van der Waals surface area contributed by atoms with Crippen molar-refractivity contribution in [3.8, 4) is 0 Å². The van der Waals surface area contributed by atoms with E-state index in [0.29, 0.717) is 39.5 Å². The topological polar surface area (TPSA) is 86.5 Å². The number of hydrogen-bond acceptors (Lipinski definition) is 5. The van der Waals surface area contributed by atoms with Gasteiger partial charge in [-0.25, -0.2) is 4.79 Å². The molecule has 1 aromatic carbocycles. The summed E-state index contributed by atoms with van der Waals surface area (Å²) >= 11 is 7.38. The van der Waals surface area contributed by atoms with Crippen LogP contribution in [0.5, 0.6) is 0 Å². The number of rotatable bonds is 7. The number of likely N-dealkylation sites (N-methyl/N-ethyl adjacent to an activating group) is 1. The number of nitrogens with two attached hydrogens (primary N) is 1. The molecule has 0 bridgehead atoms. The molecular formula is C24H30ClIN2O4S. The van der Waals surface area contributed by atoms with E-state index in [9.17, 15) is 14.4 Å². The molecule has 0 radical (unpaired) electrons. The molecule has 1 aliphatic heterocycles. The van der Waals surface area contributed by atoms with Gasteiger partial charge in [0, 0.05) is 29.2 Å². The van der Waals surface area contributed by atoms with Gasteiger partial charge in [-0.3, -0.25) is 9.59 Å². The Morgan fingerprint density at radius 2 is 1.79 bits per heavy atom. The smallest absolute Gasteiger partial charge is 0.362 e. The fourth-order valence-corrected chi connectivity index (χ4v) is 5.76. The molecule has 1 atom stereocenters. The highest BCUT2D eigenvalue weighted by Gasteiger charge is 2.37. The van der Waals surface area contributed by atoms with Crippen LogP contribution in [0.15, 0.2) is 24.3 Å². The molecule has 6 nitrogen and oxygen atoms in total. The number of quaternary nitrogens is 1. The van der Waals surface area contributed by atoms with Gasteiger partial charge in [0.2, 0.25) is 5.91 Å². The Morgan fingerprint density at radius 1 is 1.15 bits per heavy atom. The molecule has 2 heterocycles. The third-order valence-electron chi connectivity index (χ3n) is 5.44. The van der Waals surface area contributed by atoms with E-state index in [1.807, 2.05) is 40.0 Å². The van der Waals surface area contributed by atoms with Gasteiger partial charge < -0.3 is 38.9 Å². The van der Waals surface area contributed by atoms with Crippen molar-refractivity contribution in [1.82, 2.24) is 0 Å². The summed E-state index contributed by atoms with van der Waals surface area (Å²) in [6, 6.07) is 7.17. The minimum atomic E-state index is -0.531. The number of fused-ring (bicyclic) bond motifs is 1. The van der Waals surface area contributed by atoms with Crippen LogP contribution in [0.1, 0.15) is 52.0 Å². The summed E-state index contributed by atoms with van der Waals surface area (Å²) in [7, 11) is 2.02. The molecular weight excluding hydrogens is 575 g/mol. The van der Waals surface area contributed by atoms with Crippen LogP contribution in [0.4, 0.5) is 0 Å². The fourth-order valence-electron chi connectivity index (χ4n) is 4.07. The minimum absolute atomic E-state index is 0. The minimum Gasteiger partial charge on any atom is -1.00 e. The van der Waals surface area contributed by atoms with Crippen LogP contribution in [-0.2, 0) is 40.1 Å². The fraction of sp³-hybridized carbons (Fsp3) is 0.458. The first kappa shape index (κ1) is 27.8. The zero-order chi connectivity index (χ0) is 23.7. The quantitative estimate of drug-likeness (QED) is 0.287. The van der Waals surface area contributed by atoms with E-state index in [1.165, 1.54) is 11.3 Å². The second kappa shape index (κ2) is 10.8. The molecule has 0 fully saturated rings. The molecule has 180 valence electrons. The normalized spacial score (nSPS) is 17.6. The number of hydrogen-bond donors (Lipinski definition) is 1. The first-order valence-electron chi connectivity index (χ1n) is 10.6. The molecule has 1 amide bonds. The van der Waals surface area contributed by atoms with Gasteiger partial charge in [0.15, 0.2) is 6.54 Å². The number of thiophene rings is 1. The van der Waals surface area contributed by atoms with Crippen LogP contribution in [-0.4, -0.2) is 47.9 Å². The first-order valence-corrected chi connectivity index (χ1v) is 11.8. The molecule has 3 rings (SSSR count). The molecule has 1 aromatic heterocycles. The Bertz CT molecular complexity index is 1050. The summed E-state index contributed by atoms with van der Waals surface area (Å²) in [5.41, 5.74) is 7.47. The Kier molecular flexibility index (Phi) is 9.12. The van der Waals surface area contributed by atoms with E-state index in [0.717, 1.165) is 16.0 Å². The van der Waals surface area contributed by atoms with E-state index in [4.69, 9.17) is 22.1 Å². The summed E-state index contributed by atoms with van der Waals surface area (Å²) in [5.74, 6) is -0.729. The van der Waals surface area contributed by atoms with E-state index in [-0.39, 0.29) is 55.1 Å². The Labute approximate surface area is 221 Å². The zero-order valence-corrected chi connectivity index (χ0v) is 23.1. The van der Waals surface area contributed by atoms with Crippen LogP contribution in [0, 0.1) is 0 Å². The average molecular weight is 605 g/mol. The zero-order valence-electron chi connectivity index (χ0n) is 19.4. The molecule has 0 saturated heterocycles. The number of ketones is 1. The van der Waals surface area contributed by atoms with Crippen LogP contribution in [0.2, 0.25) is 5.02 Å². The lowest BCUT2D eigenvalue weighted by atomic mass is 9.97. The van der Waals surface area contributed by atoms with E-state index in [1.54, 1.807) is 12.1 Å². The molecule has 2 N–H and O–H groups in total. The number of carbonyl (C=O) groups excluding carboxylic acids is 3. The van der Waals surface area contributed by atoms with E-state index in [2.05, 4.69) is 0 Å². The van der Waals surface area contributed by atoms with Crippen LogP contribution >= 0.6 is 22.9 Å². The Hall–Kier alpha value is -1.49. The van der Waals surface area contributed by atoms with Gasteiger partial charge in [0.25, 0.3) is 0 Å². The Morgan fingerprint density at radius 3 is 2.36 bits per heavy atom. The second-order valence-electron chi connectivity index (χ2n) is 9.68. The van der Waals surface area contributed by atoms with Crippen molar-refractivity contribution in [2.75, 3.05) is 20.1 Å². The summed E-state index contributed by atoms with van der Waals surface area (Å²) in [6.07, 6.45) is 1.06. The number of halogens is 2. The number of carbonyl (C=O) groups is 3. The van der Waals surface area contributed by atoms with Crippen molar-refractivity contribution in [2.45, 2.75) is 52.2 Å². The molecule has 2 aromatic rings. The summed E-state index contributed by atoms with van der Waals surface area (Å²) in [4.78, 5) is 39.1. The predicted octanol–water partition coefficient (Wildman–Crippen LogP) is 0.703. The lowest BCUT2D eigenvalue weighted by Gasteiger charge is -2.37. The number of benzene rings is 1. The van der Waals surface area contributed by atoms with Gasteiger partial charge in [-0.2, -0.15) is 0 Å². The molecule has 33 heavy (non-hydrogen) atoms. The number of nitrogens with zero attached hydrogens (tertiary/aromatic N) is 1. The van der Waals surface area contributed by atoms with Gasteiger partial charge in [0.05, 0.1) is 24.0 Å². The van der Waals surface area contributed by atoms with Crippen molar-refractivity contribution in [2.24, 2.45) is 5.73 Å². The van der Waals surface area contributed by atoms with Crippen LogP contribution < -0.4 is 29.7 Å². The monoisotopic (exact) mass is 604 g/mol. The standard InChI is InChI=1S/C24H29ClN2O4S.HI/c1-24(2,3)31-21(29)14-27(4)10-9-18-20(13-27)32-19(22(18)23(26)30)12-17(28)11-15-5-7-16(25)8-6-15;/h5-8H,9-14H2,1-4H3,(H-,26,30);1H. The molecule has 0 saturated carbocycles. The summed E-state index contributed by atoms with van der Waals surface area (Å²) in [6.45, 7) is 7.11. The maximum atomic E-state index is 12.7. The van der Waals surface area contributed by atoms with Crippen LogP contribution in [0.25, 0.3) is 0 Å². The van der Waals surface area contributed by atoms with Crippen molar-refractivity contribution in [3.05, 3.63) is 55.7 Å². The third-order valence-corrected chi connectivity index (χ3v) is 6.91. The maximum Gasteiger partial charge on any atom is 0.362 e. The number of esters is 1. The summed E-state index contributed by atoms with van der Waals surface area (Å²) in [5, 5.41) is 0.621. The number of primary amides is 1. The molecule has 0 spiro atoms. The molecule has 0 aliphatic carbocycles. The van der Waals surface area contributed by atoms with Gasteiger partial charge in [-0.15, -0.1) is 11.3 Å². The van der Waals surface area contributed by atoms with Gasteiger partial charge in [-0.05, 0) is 44.0 Å². The second-order valence-corrected chi connectivity index (χ2v) is 11.3. The molecule has 9 heteroatoms. The van der Waals surface area contributed by atoms with E-state index < -0.39 is 11.5 Å². The van der Waals surface area contributed by atoms with Crippen molar-refractivity contribution < 1.29 is 47.6 Å². The highest BCUT2D eigenvalue weighted by molar-refractivity contribution is 7.12. The largest absolute Gasteiger partial charge is 1.00 e. The molecule has 1 aliphatic rings. The number of ether oxygens (including phenoxy) is 1. The highest BCUT2D eigenvalue weighted by Crippen LogP contribution is 2.36. The lowest BCUT2D eigenvalue weighted by Crippen LogP contribution is -3.00. The predicted molar refractivity (Wildman–Crippen MR) is 126 cm³/mol. The van der Waals surface area contributed by atoms with Crippen molar-refractivity contribution in [1.29, 1.82) is 0 Å². The van der Waals surface area contributed by atoms with Crippen molar-refractivity contribution >= 4 is 40.6 Å².